The molecule has 1 amide bonds. The third-order valence-corrected chi connectivity index (χ3v) is 3.01. The maximum Gasteiger partial charge on any atom is 0.319 e. The first-order chi connectivity index (χ1) is 9.99. The van der Waals surface area contributed by atoms with Crippen molar-refractivity contribution in [3.63, 3.8) is 0 Å². The molecule has 1 atom stereocenters. The molecule has 0 aliphatic rings. The molecule has 0 saturated carbocycles. The van der Waals surface area contributed by atoms with E-state index >= 15 is 0 Å². The van der Waals surface area contributed by atoms with Crippen molar-refractivity contribution >= 4 is 23.2 Å². The summed E-state index contributed by atoms with van der Waals surface area (Å²) in [4.78, 5) is 21.8. The lowest BCUT2D eigenvalue weighted by atomic mass is 10.1. The fourth-order valence-electron chi connectivity index (χ4n) is 1.67. The summed E-state index contributed by atoms with van der Waals surface area (Å²) < 4.78 is 0. The Hall–Kier alpha value is -2.45. The number of nitrogens with one attached hydrogen (secondary N) is 2. The van der Waals surface area contributed by atoms with Crippen LogP contribution in [0.1, 0.15) is 22.2 Å². The van der Waals surface area contributed by atoms with Crippen molar-refractivity contribution in [3.05, 3.63) is 56.9 Å². The SMILES string of the molecule is O=C(NCC(O)c1ccc(Cl)cc1)c1[nH]ncc1[N+](=O)[O-]. The Morgan fingerprint density at radius 3 is 2.76 bits per heavy atom. The number of H-pyrrole nitrogens is 1. The molecule has 2 aromatic rings. The van der Waals surface area contributed by atoms with Gasteiger partial charge in [-0.05, 0) is 17.7 Å². The highest BCUT2D eigenvalue weighted by Crippen LogP contribution is 2.17. The van der Waals surface area contributed by atoms with Crippen LogP contribution in [-0.4, -0.2) is 32.7 Å². The minimum absolute atomic E-state index is 0.101. The normalized spacial score (nSPS) is 11.9. The quantitative estimate of drug-likeness (QED) is 0.570. The van der Waals surface area contributed by atoms with Crippen LogP contribution in [0, 0.1) is 10.1 Å². The maximum absolute atomic E-state index is 11.8. The first-order valence-electron chi connectivity index (χ1n) is 5.88. The smallest absolute Gasteiger partial charge is 0.319 e. The minimum Gasteiger partial charge on any atom is -0.387 e. The van der Waals surface area contributed by atoms with Gasteiger partial charge in [0.1, 0.15) is 6.20 Å². The summed E-state index contributed by atoms with van der Waals surface area (Å²) in [5.74, 6) is -0.716. The summed E-state index contributed by atoms with van der Waals surface area (Å²) in [7, 11) is 0. The summed E-state index contributed by atoms with van der Waals surface area (Å²) >= 11 is 5.73. The van der Waals surface area contributed by atoms with E-state index in [4.69, 9.17) is 11.6 Å². The number of halogens is 1. The number of nitro groups is 1. The summed E-state index contributed by atoms with van der Waals surface area (Å²) in [5, 5.41) is 29.2. The molecule has 0 aliphatic heterocycles. The Bertz CT molecular complexity index is 656. The highest BCUT2D eigenvalue weighted by molar-refractivity contribution is 6.30. The van der Waals surface area contributed by atoms with Gasteiger partial charge >= 0.3 is 5.69 Å². The third-order valence-electron chi connectivity index (χ3n) is 2.75. The summed E-state index contributed by atoms with van der Waals surface area (Å²) in [6.45, 7) is -0.101. The fraction of sp³-hybridized carbons (Fsp3) is 0.167. The van der Waals surface area contributed by atoms with Crippen molar-refractivity contribution in [2.24, 2.45) is 0 Å². The molecule has 0 spiro atoms. The van der Waals surface area contributed by atoms with E-state index < -0.39 is 22.6 Å². The Kier molecular flexibility index (Phi) is 4.51. The summed E-state index contributed by atoms with van der Waals surface area (Å²) in [6.07, 6.45) is -0.00180. The monoisotopic (exact) mass is 310 g/mol. The highest BCUT2D eigenvalue weighted by Gasteiger charge is 2.23. The van der Waals surface area contributed by atoms with E-state index in [1.807, 2.05) is 0 Å². The van der Waals surface area contributed by atoms with Gasteiger partial charge in [0.15, 0.2) is 0 Å². The second-order valence-electron chi connectivity index (χ2n) is 4.16. The Labute approximate surface area is 123 Å². The molecule has 2 rings (SSSR count). The first-order valence-corrected chi connectivity index (χ1v) is 6.26. The number of amides is 1. The standard InChI is InChI=1S/C12H11ClN4O4/c13-8-3-1-7(2-4-8)10(18)6-14-12(19)11-9(17(20)21)5-15-16-11/h1-5,10,18H,6H2,(H,14,19)(H,15,16). The molecule has 110 valence electrons. The second-order valence-corrected chi connectivity index (χ2v) is 4.60. The van der Waals surface area contributed by atoms with E-state index in [2.05, 4.69) is 15.5 Å². The molecule has 1 unspecified atom stereocenters. The lowest BCUT2D eigenvalue weighted by Gasteiger charge is -2.11. The van der Waals surface area contributed by atoms with E-state index in [1.165, 1.54) is 0 Å². The number of benzene rings is 1. The zero-order valence-corrected chi connectivity index (χ0v) is 11.4. The summed E-state index contributed by atoms with van der Waals surface area (Å²) in [5.41, 5.74) is -0.115. The Morgan fingerprint density at radius 2 is 2.14 bits per heavy atom. The molecule has 8 nitrogen and oxygen atoms in total. The number of aromatic nitrogens is 2. The van der Waals surface area contributed by atoms with Gasteiger partial charge in [0, 0.05) is 11.6 Å². The average Bonchev–Trinajstić information content (AvgIpc) is 2.95. The van der Waals surface area contributed by atoms with Crippen LogP contribution in [0.4, 0.5) is 5.69 Å². The molecule has 0 aliphatic carbocycles. The van der Waals surface area contributed by atoms with Crippen LogP contribution in [0.5, 0.6) is 0 Å². The number of hydrogen-bond acceptors (Lipinski definition) is 5. The predicted molar refractivity (Wildman–Crippen MR) is 74.0 cm³/mol. The molecule has 1 aromatic carbocycles. The second kappa shape index (κ2) is 6.33. The molecule has 1 heterocycles. The van der Waals surface area contributed by atoms with Gasteiger partial charge in [-0.2, -0.15) is 5.10 Å². The van der Waals surface area contributed by atoms with Gasteiger partial charge in [0.2, 0.25) is 5.69 Å². The Morgan fingerprint density at radius 1 is 1.48 bits per heavy atom. The summed E-state index contributed by atoms with van der Waals surface area (Å²) in [6, 6.07) is 6.47. The highest BCUT2D eigenvalue weighted by atomic mass is 35.5. The van der Waals surface area contributed by atoms with Crippen molar-refractivity contribution in [1.82, 2.24) is 15.5 Å². The van der Waals surface area contributed by atoms with Crippen LogP contribution >= 0.6 is 11.6 Å². The number of hydrogen-bond donors (Lipinski definition) is 3. The van der Waals surface area contributed by atoms with E-state index in [0.717, 1.165) is 6.20 Å². The number of carbonyl (C=O) groups excluding carboxylic acids is 1. The zero-order valence-electron chi connectivity index (χ0n) is 10.6. The van der Waals surface area contributed by atoms with Crippen molar-refractivity contribution in [3.8, 4) is 0 Å². The largest absolute Gasteiger partial charge is 0.387 e. The van der Waals surface area contributed by atoms with Crippen LogP contribution in [0.3, 0.4) is 0 Å². The number of nitrogens with zero attached hydrogens (tertiary/aromatic N) is 2. The van der Waals surface area contributed by atoms with Gasteiger partial charge in [-0.25, -0.2) is 0 Å². The van der Waals surface area contributed by atoms with Gasteiger partial charge < -0.3 is 10.4 Å². The third kappa shape index (κ3) is 3.56. The van der Waals surface area contributed by atoms with Crippen LogP contribution in [0.2, 0.25) is 5.02 Å². The molecule has 0 saturated heterocycles. The van der Waals surface area contributed by atoms with E-state index in [1.54, 1.807) is 24.3 Å². The molecule has 0 bridgehead atoms. The van der Waals surface area contributed by atoms with Crippen LogP contribution in [0.15, 0.2) is 30.5 Å². The number of carbonyl (C=O) groups is 1. The average molecular weight is 311 g/mol. The first kappa shape index (κ1) is 14.9. The van der Waals surface area contributed by atoms with E-state index in [9.17, 15) is 20.0 Å². The molecular formula is C12H11ClN4O4. The minimum atomic E-state index is -0.951. The van der Waals surface area contributed by atoms with E-state index in [-0.39, 0.29) is 12.2 Å². The van der Waals surface area contributed by atoms with Crippen molar-refractivity contribution in [2.45, 2.75) is 6.10 Å². The topological polar surface area (TPSA) is 121 Å². The van der Waals surface area contributed by atoms with Gasteiger partial charge in [-0.1, -0.05) is 23.7 Å². The number of aliphatic hydroxyl groups is 1. The number of aliphatic hydroxyl groups excluding tert-OH is 1. The van der Waals surface area contributed by atoms with Crippen LogP contribution in [0.25, 0.3) is 0 Å². The predicted octanol–water partition coefficient (Wildman–Crippen LogP) is 1.43. The van der Waals surface area contributed by atoms with E-state index in [0.29, 0.717) is 10.6 Å². The lowest BCUT2D eigenvalue weighted by Crippen LogP contribution is -2.29. The molecule has 1 aromatic heterocycles. The number of rotatable bonds is 5. The van der Waals surface area contributed by atoms with Gasteiger partial charge in [0.25, 0.3) is 5.91 Å². The van der Waals surface area contributed by atoms with Gasteiger partial charge in [-0.15, -0.1) is 0 Å². The molecule has 0 radical (unpaired) electrons. The van der Waals surface area contributed by atoms with Crippen molar-refractivity contribution in [1.29, 1.82) is 0 Å². The fourth-order valence-corrected chi connectivity index (χ4v) is 1.79. The molecule has 3 N–H and O–H groups in total. The van der Waals surface area contributed by atoms with Gasteiger partial charge in [0.05, 0.1) is 11.0 Å². The molecule has 9 heteroatoms. The number of aromatic amines is 1. The van der Waals surface area contributed by atoms with Crippen LogP contribution < -0.4 is 5.32 Å². The van der Waals surface area contributed by atoms with Crippen molar-refractivity contribution in [2.75, 3.05) is 6.54 Å². The van der Waals surface area contributed by atoms with Crippen LogP contribution in [-0.2, 0) is 0 Å². The lowest BCUT2D eigenvalue weighted by molar-refractivity contribution is -0.385. The van der Waals surface area contributed by atoms with Gasteiger partial charge in [-0.3, -0.25) is 20.0 Å². The molecule has 21 heavy (non-hydrogen) atoms. The zero-order chi connectivity index (χ0) is 15.4. The Balaban J connectivity index is 1.99. The van der Waals surface area contributed by atoms with Crippen molar-refractivity contribution < 1.29 is 14.8 Å². The maximum atomic E-state index is 11.8. The molecular weight excluding hydrogens is 300 g/mol. The molecule has 0 fully saturated rings.